The van der Waals surface area contributed by atoms with Crippen LogP contribution in [0, 0.1) is 5.82 Å². The molecule has 0 N–H and O–H groups in total. The molecule has 0 aliphatic carbocycles. The Hall–Kier alpha value is -2.25. The van der Waals surface area contributed by atoms with Gasteiger partial charge in [-0.2, -0.15) is 0 Å². The van der Waals surface area contributed by atoms with Crippen LogP contribution in [0.3, 0.4) is 0 Å². The Kier molecular flexibility index (Phi) is 6.58. The summed E-state index contributed by atoms with van der Waals surface area (Å²) >= 11 is 1.42. The van der Waals surface area contributed by atoms with Gasteiger partial charge in [0, 0.05) is 31.1 Å². The highest BCUT2D eigenvalue weighted by molar-refractivity contribution is 7.17. The van der Waals surface area contributed by atoms with Crippen molar-refractivity contribution >= 4 is 23.2 Å². The zero-order chi connectivity index (χ0) is 19.2. The Morgan fingerprint density at radius 3 is 2.59 bits per heavy atom. The fraction of sp³-hybridized carbons (Fsp3) is 0.400. The van der Waals surface area contributed by atoms with Crippen molar-refractivity contribution in [3.8, 4) is 10.4 Å². The normalized spacial score (nSPS) is 15.4. The first-order valence-corrected chi connectivity index (χ1v) is 9.91. The third-order valence-corrected chi connectivity index (χ3v) is 5.60. The second-order valence-corrected chi connectivity index (χ2v) is 7.48. The maximum Gasteiger partial charge on any atom is 0.320 e. The van der Waals surface area contributed by atoms with E-state index in [1.807, 2.05) is 21.9 Å². The van der Waals surface area contributed by atoms with Gasteiger partial charge in [0.05, 0.1) is 18.0 Å². The van der Waals surface area contributed by atoms with Crippen molar-refractivity contribution in [2.75, 3.05) is 39.3 Å². The highest BCUT2D eigenvalue weighted by Crippen LogP contribution is 2.29. The number of thiophene rings is 1. The number of benzene rings is 1. The first kappa shape index (κ1) is 19.5. The number of rotatable bonds is 5. The molecule has 2 aromatic rings. The standard InChI is InChI=1S/C20H23FN2O3S/c1-2-26-19(24)14-22-10-3-11-23(13-12-22)20(25)18-9-8-17(27-18)15-4-6-16(21)7-5-15/h4-9H,2-3,10-14H2,1H3. The number of ether oxygens (including phenoxy) is 1. The molecule has 0 saturated carbocycles. The molecule has 0 spiro atoms. The van der Waals surface area contributed by atoms with Crippen molar-refractivity contribution in [3.05, 3.63) is 47.1 Å². The number of hydrogen-bond acceptors (Lipinski definition) is 5. The second kappa shape index (κ2) is 9.10. The van der Waals surface area contributed by atoms with E-state index in [9.17, 15) is 14.0 Å². The zero-order valence-corrected chi connectivity index (χ0v) is 16.1. The van der Waals surface area contributed by atoms with Crippen molar-refractivity contribution < 1.29 is 18.7 Å². The SMILES string of the molecule is CCOC(=O)CN1CCCN(C(=O)c2ccc(-c3ccc(F)cc3)s2)CC1. The minimum Gasteiger partial charge on any atom is -0.465 e. The van der Waals surface area contributed by atoms with Crippen LogP contribution < -0.4 is 0 Å². The highest BCUT2D eigenvalue weighted by Gasteiger charge is 2.23. The van der Waals surface area contributed by atoms with Gasteiger partial charge in [0.25, 0.3) is 5.91 Å². The van der Waals surface area contributed by atoms with E-state index in [-0.39, 0.29) is 24.2 Å². The summed E-state index contributed by atoms with van der Waals surface area (Å²) in [5.41, 5.74) is 0.900. The van der Waals surface area contributed by atoms with Crippen LogP contribution in [0.2, 0.25) is 0 Å². The summed E-state index contributed by atoms with van der Waals surface area (Å²) in [4.78, 5) is 30.0. The van der Waals surface area contributed by atoms with Gasteiger partial charge < -0.3 is 9.64 Å². The molecule has 1 aliphatic heterocycles. The van der Waals surface area contributed by atoms with Gasteiger partial charge in [0.1, 0.15) is 5.82 Å². The lowest BCUT2D eigenvalue weighted by molar-refractivity contribution is -0.144. The van der Waals surface area contributed by atoms with E-state index in [1.54, 1.807) is 19.1 Å². The summed E-state index contributed by atoms with van der Waals surface area (Å²) in [7, 11) is 0. The number of hydrogen-bond donors (Lipinski definition) is 0. The average Bonchev–Trinajstić information content (AvgIpc) is 3.03. The van der Waals surface area contributed by atoms with Gasteiger partial charge >= 0.3 is 5.97 Å². The van der Waals surface area contributed by atoms with Crippen molar-refractivity contribution in [1.82, 2.24) is 9.80 Å². The van der Waals surface area contributed by atoms with Crippen LogP contribution in [0.25, 0.3) is 10.4 Å². The number of carbonyl (C=O) groups excluding carboxylic acids is 2. The minimum absolute atomic E-state index is 0.00588. The lowest BCUT2D eigenvalue weighted by atomic mass is 10.2. The Morgan fingerprint density at radius 1 is 1.07 bits per heavy atom. The molecular weight excluding hydrogens is 367 g/mol. The van der Waals surface area contributed by atoms with E-state index < -0.39 is 0 Å². The predicted octanol–water partition coefficient (Wildman–Crippen LogP) is 3.27. The van der Waals surface area contributed by atoms with E-state index in [0.29, 0.717) is 31.1 Å². The molecule has 1 amide bonds. The van der Waals surface area contributed by atoms with Gasteiger partial charge in [0.15, 0.2) is 0 Å². The lowest BCUT2D eigenvalue weighted by Gasteiger charge is -2.21. The van der Waals surface area contributed by atoms with Crippen LogP contribution in [-0.2, 0) is 9.53 Å². The van der Waals surface area contributed by atoms with Gasteiger partial charge in [0.2, 0.25) is 0 Å². The van der Waals surface area contributed by atoms with E-state index in [2.05, 4.69) is 0 Å². The molecular formula is C20H23FN2O3S. The van der Waals surface area contributed by atoms with Crippen LogP contribution in [0.4, 0.5) is 4.39 Å². The fourth-order valence-corrected chi connectivity index (χ4v) is 4.08. The van der Waals surface area contributed by atoms with E-state index >= 15 is 0 Å². The van der Waals surface area contributed by atoms with Crippen LogP contribution in [-0.4, -0.2) is 61.0 Å². The molecule has 0 radical (unpaired) electrons. The van der Waals surface area contributed by atoms with Crippen molar-refractivity contribution in [2.45, 2.75) is 13.3 Å². The monoisotopic (exact) mass is 390 g/mol. The molecule has 1 aliphatic rings. The number of halogens is 1. The quantitative estimate of drug-likeness (QED) is 0.736. The average molecular weight is 390 g/mol. The largest absolute Gasteiger partial charge is 0.465 e. The Balaban J connectivity index is 1.61. The Morgan fingerprint density at radius 2 is 1.85 bits per heavy atom. The van der Waals surface area contributed by atoms with Gasteiger partial charge in [-0.05, 0) is 43.2 Å². The molecule has 0 bridgehead atoms. The number of carbonyl (C=O) groups is 2. The zero-order valence-electron chi connectivity index (χ0n) is 15.3. The Bertz CT molecular complexity index is 791. The predicted molar refractivity (Wildman–Crippen MR) is 103 cm³/mol. The fourth-order valence-electron chi connectivity index (χ4n) is 3.10. The molecule has 0 unspecified atom stereocenters. The van der Waals surface area contributed by atoms with Gasteiger partial charge in [-0.15, -0.1) is 11.3 Å². The molecule has 1 aromatic carbocycles. The van der Waals surface area contributed by atoms with E-state index in [0.717, 1.165) is 23.4 Å². The first-order valence-electron chi connectivity index (χ1n) is 9.10. The minimum atomic E-state index is -0.274. The molecule has 2 heterocycles. The molecule has 1 fully saturated rings. The van der Waals surface area contributed by atoms with Crippen molar-refractivity contribution in [3.63, 3.8) is 0 Å². The first-order chi connectivity index (χ1) is 13.1. The maximum absolute atomic E-state index is 13.1. The van der Waals surface area contributed by atoms with Crippen LogP contribution in [0.1, 0.15) is 23.0 Å². The van der Waals surface area contributed by atoms with Gasteiger partial charge in [-0.25, -0.2) is 4.39 Å². The molecule has 1 saturated heterocycles. The molecule has 27 heavy (non-hydrogen) atoms. The maximum atomic E-state index is 13.1. The lowest BCUT2D eigenvalue weighted by Crippen LogP contribution is -2.36. The van der Waals surface area contributed by atoms with Crippen LogP contribution in [0.5, 0.6) is 0 Å². The molecule has 0 atom stereocenters. The number of nitrogens with zero attached hydrogens (tertiary/aromatic N) is 2. The second-order valence-electron chi connectivity index (χ2n) is 6.40. The smallest absolute Gasteiger partial charge is 0.320 e. The van der Waals surface area contributed by atoms with Crippen molar-refractivity contribution in [1.29, 1.82) is 0 Å². The molecule has 7 heteroatoms. The summed E-state index contributed by atoms with van der Waals surface area (Å²) in [6.07, 6.45) is 0.821. The summed E-state index contributed by atoms with van der Waals surface area (Å²) in [5, 5.41) is 0. The Labute approximate surface area is 162 Å². The number of esters is 1. The third kappa shape index (κ3) is 5.14. The van der Waals surface area contributed by atoms with E-state index in [1.165, 1.54) is 23.5 Å². The summed E-state index contributed by atoms with van der Waals surface area (Å²) in [6, 6.07) is 10.00. The highest BCUT2D eigenvalue weighted by atomic mass is 32.1. The van der Waals surface area contributed by atoms with Crippen LogP contribution in [0.15, 0.2) is 36.4 Å². The molecule has 3 rings (SSSR count). The number of amides is 1. The van der Waals surface area contributed by atoms with Crippen molar-refractivity contribution in [2.24, 2.45) is 0 Å². The van der Waals surface area contributed by atoms with Crippen LogP contribution >= 0.6 is 11.3 Å². The topological polar surface area (TPSA) is 49.9 Å². The summed E-state index contributed by atoms with van der Waals surface area (Å²) in [5.74, 6) is -0.491. The molecule has 5 nitrogen and oxygen atoms in total. The summed E-state index contributed by atoms with van der Waals surface area (Å²) in [6.45, 7) is 5.12. The van der Waals surface area contributed by atoms with E-state index in [4.69, 9.17) is 4.74 Å². The van der Waals surface area contributed by atoms with Gasteiger partial charge in [-0.1, -0.05) is 12.1 Å². The third-order valence-electron chi connectivity index (χ3n) is 4.48. The molecule has 1 aromatic heterocycles. The summed E-state index contributed by atoms with van der Waals surface area (Å²) < 4.78 is 18.1. The van der Waals surface area contributed by atoms with Gasteiger partial charge in [-0.3, -0.25) is 14.5 Å². The molecule has 144 valence electrons.